The average Bonchev–Trinajstić information content (AvgIpc) is 2.94. The molecular formula is C12H17N3O4S. The number of aromatic carboxylic acids is 1. The Labute approximate surface area is 120 Å². The highest BCUT2D eigenvalue weighted by Crippen LogP contribution is 2.17. The van der Waals surface area contributed by atoms with E-state index in [1.165, 1.54) is 0 Å². The van der Waals surface area contributed by atoms with Crippen LogP contribution in [0.3, 0.4) is 0 Å². The predicted molar refractivity (Wildman–Crippen MR) is 73.0 cm³/mol. The van der Waals surface area contributed by atoms with Crippen LogP contribution in [0.1, 0.15) is 33.7 Å². The van der Waals surface area contributed by atoms with Crippen molar-refractivity contribution in [3.8, 4) is 0 Å². The molecule has 0 saturated carbocycles. The summed E-state index contributed by atoms with van der Waals surface area (Å²) < 4.78 is 5.36. The minimum atomic E-state index is -0.993. The van der Waals surface area contributed by atoms with Crippen molar-refractivity contribution >= 4 is 23.3 Å². The number of carboxylic acids is 1. The molecule has 8 heteroatoms. The first-order chi connectivity index (χ1) is 9.47. The zero-order valence-corrected chi connectivity index (χ0v) is 12.1. The van der Waals surface area contributed by atoms with Gasteiger partial charge in [-0.3, -0.25) is 0 Å². The molecule has 110 valence electrons. The third kappa shape index (κ3) is 3.45. The maximum absolute atomic E-state index is 11.7. The molecule has 2 atom stereocenters. The Morgan fingerprint density at radius 3 is 2.85 bits per heavy atom. The number of hydrogen-bond donors (Lipinski definition) is 3. The van der Waals surface area contributed by atoms with Gasteiger partial charge in [0.1, 0.15) is 9.88 Å². The summed E-state index contributed by atoms with van der Waals surface area (Å²) in [5.41, 5.74) is 0.470. The van der Waals surface area contributed by atoms with Gasteiger partial charge in [-0.05, 0) is 20.3 Å². The first kappa shape index (κ1) is 14.7. The summed E-state index contributed by atoms with van der Waals surface area (Å²) in [7, 11) is 0. The number of carboxylic acid groups (broad SMARTS) is 1. The Kier molecular flexibility index (Phi) is 4.56. The van der Waals surface area contributed by atoms with E-state index in [0.717, 1.165) is 17.8 Å². The van der Waals surface area contributed by atoms with E-state index in [4.69, 9.17) is 9.84 Å². The molecular weight excluding hydrogens is 282 g/mol. The van der Waals surface area contributed by atoms with Gasteiger partial charge in [0, 0.05) is 6.61 Å². The maximum Gasteiger partial charge on any atom is 0.347 e. The summed E-state index contributed by atoms with van der Waals surface area (Å²) in [6, 6.07) is -0.278. The summed E-state index contributed by atoms with van der Waals surface area (Å²) in [6.45, 7) is 4.43. The molecule has 1 aromatic heterocycles. The number of urea groups is 1. The van der Waals surface area contributed by atoms with Gasteiger partial charge in [-0.25, -0.2) is 14.6 Å². The monoisotopic (exact) mass is 299 g/mol. The van der Waals surface area contributed by atoms with Crippen LogP contribution in [0.2, 0.25) is 0 Å². The number of amides is 2. The predicted octanol–water partition coefficient (Wildman–Crippen LogP) is 1.13. The highest BCUT2D eigenvalue weighted by atomic mass is 32.1. The van der Waals surface area contributed by atoms with Gasteiger partial charge in [0.05, 0.1) is 24.4 Å². The second kappa shape index (κ2) is 6.19. The SMILES string of the molecule is Cc1nc(CNC(=O)NC2CCOC2C)sc1C(=O)O. The van der Waals surface area contributed by atoms with Crippen LogP contribution in [0, 0.1) is 6.92 Å². The number of ether oxygens (including phenoxy) is 1. The number of thiazole rings is 1. The summed E-state index contributed by atoms with van der Waals surface area (Å²) >= 11 is 1.08. The van der Waals surface area contributed by atoms with Crippen molar-refractivity contribution < 1.29 is 19.4 Å². The lowest BCUT2D eigenvalue weighted by Crippen LogP contribution is -2.44. The Morgan fingerprint density at radius 1 is 1.55 bits per heavy atom. The zero-order chi connectivity index (χ0) is 14.7. The average molecular weight is 299 g/mol. The normalized spacial score (nSPS) is 21.7. The molecule has 3 N–H and O–H groups in total. The number of nitrogens with one attached hydrogen (secondary N) is 2. The first-order valence-corrected chi connectivity index (χ1v) is 7.14. The highest BCUT2D eigenvalue weighted by molar-refractivity contribution is 7.13. The molecule has 2 amide bonds. The number of nitrogens with zero attached hydrogens (tertiary/aromatic N) is 1. The molecule has 1 saturated heterocycles. The van der Waals surface area contributed by atoms with Gasteiger partial charge < -0.3 is 20.5 Å². The maximum atomic E-state index is 11.7. The van der Waals surface area contributed by atoms with Gasteiger partial charge >= 0.3 is 12.0 Å². The Hall–Kier alpha value is -1.67. The van der Waals surface area contributed by atoms with E-state index >= 15 is 0 Å². The first-order valence-electron chi connectivity index (χ1n) is 6.33. The highest BCUT2D eigenvalue weighted by Gasteiger charge is 2.25. The molecule has 2 unspecified atom stereocenters. The van der Waals surface area contributed by atoms with Gasteiger partial charge in [0.2, 0.25) is 0 Å². The molecule has 1 aromatic rings. The van der Waals surface area contributed by atoms with Crippen LogP contribution in [0.4, 0.5) is 4.79 Å². The van der Waals surface area contributed by atoms with Crippen molar-refractivity contribution in [3.05, 3.63) is 15.6 Å². The van der Waals surface area contributed by atoms with Gasteiger partial charge in [-0.15, -0.1) is 11.3 Å². The number of rotatable bonds is 4. The largest absolute Gasteiger partial charge is 0.477 e. The van der Waals surface area contributed by atoms with Crippen molar-refractivity contribution in [2.75, 3.05) is 6.61 Å². The van der Waals surface area contributed by atoms with Crippen LogP contribution in [0.5, 0.6) is 0 Å². The van der Waals surface area contributed by atoms with E-state index in [2.05, 4.69) is 15.6 Å². The van der Waals surface area contributed by atoms with Crippen molar-refractivity contribution in [2.24, 2.45) is 0 Å². The van der Waals surface area contributed by atoms with Crippen molar-refractivity contribution in [3.63, 3.8) is 0 Å². The van der Waals surface area contributed by atoms with E-state index in [-0.39, 0.29) is 29.6 Å². The molecule has 0 bridgehead atoms. The van der Waals surface area contributed by atoms with Crippen molar-refractivity contribution in [2.45, 2.75) is 39.0 Å². The molecule has 1 aliphatic rings. The quantitative estimate of drug-likeness (QED) is 0.773. The number of aromatic nitrogens is 1. The van der Waals surface area contributed by atoms with E-state index in [9.17, 15) is 9.59 Å². The standard InChI is InChI=1S/C12H17N3O4S/c1-6-10(11(16)17)20-9(14-6)5-13-12(18)15-8-3-4-19-7(8)2/h7-8H,3-5H2,1-2H3,(H,16,17)(H2,13,15,18). The molecule has 2 rings (SSSR count). The lowest BCUT2D eigenvalue weighted by Gasteiger charge is -2.16. The Bertz CT molecular complexity index is 517. The second-order valence-corrected chi connectivity index (χ2v) is 5.71. The summed E-state index contributed by atoms with van der Waals surface area (Å²) in [5, 5.41) is 15.0. The number of carbonyl (C=O) groups is 2. The van der Waals surface area contributed by atoms with E-state index in [0.29, 0.717) is 17.3 Å². The Balaban J connectivity index is 1.84. The third-order valence-electron chi connectivity index (χ3n) is 3.13. The molecule has 20 heavy (non-hydrogen) atoms. The van der Waals surface area contributed by atoms with Gasteiger partial charge in [0.25, 0.3) is 0 Å². The van der Waals surface area contributed by atoms with Crippen molar-refractivity contribution in [1.82, 2.24) is 15.6 Å². The zero-order valence-electron chi connectivity index (χ0n) is 11.3. The van der Waals surface area contributed by atoms with Gasteiger partial charge in [-0.1, -0.05) is 0 Å². The third-order valence-corrected chi connectivity index (χ3v) is 4.27. The smallest absolute Gasteiger partial charge is 0.347 e. The molecule has 0 radical (unpaired) electrons. The molecule has 7 nitrogen and oxygen atoms in total. The Morgan fingerprint density at radius 2 is 2.30 bits per heavy atom. The van der Waals surface area contributed by atoms with Crippen LogP contribution in [-0.2, 0) is 11.3 Å². The molecule has 1 fully saturated rings. The topological polar surface area (TPSA) is 101 Å². The summed E-state index contributed by atoms with van der Waals surface area (Å²) in [4.78, 5) is 27.0. The molecule has 0 spiro atoms. The van der Waals surface area contributed by atoms with E-state index < -0.39 is 5.97 Å². The van der Waals surface area contributed by atoms with Gasteiger partial charge in [-0.2, -0.15) is 0 Å². The van der Waals surface area contributed by atoms with E-state index in [1.807, 2.05) is 6.92 Å². The molecule has 0 aliphatic carbocycles. The molecule has 1 aliphatic heterocycles. The fourth-order valence-electron chi connectivity index (χ4n) is 2.02. The van der Waals surface area contributed by atoms with E-state index in [1.54, 1.807) is 6.92 Å². The minimum absolute atomic E-state index is 0.0153. The number of hydrogen-bond acceptors (Lipinski definition) is 5. The fourth-order valence-corrected chi connectivity index (χ4v) is 2.87. The van der Waals surface area contributed by atoms with Crippen LogP contribution in [0.25, 0.3) is 0 Å². The van der Waals surface area contributed by atoms with Crippen LogP contribution in [0.15, 0.2) is 0 Å². The van der Waals surface area contributed by atoms with Crippen LogP contribution in [-0.4, -0.2) is 40.8 Å². The molecule has 0 aromatic carbocycles. The molecule has 2 heterocycles. The summed E-state index contributed by atoms with van der Waals surface area (Å²) in [6.07, 6.45) is 0.815. The van der Waals surface area contributed by atoms with Gasteiger partial charge in [0.15, 0.2) is 0 Å². The van der Waals surface area contributed by atoms with Crippen molar-refractivity contribution in [1.29, 1.82) is 0 Å². The minimum Gasteiger partial charge on any atom is -0.477 e. The summed E-state index contributed by atoms with van der Waals surface area (Å²) in [5.74, 6) is -0.993. The fraction of sp³-hybridized carbons (Fsp3) is 0.583. The second-order valence-electron chi connectivity index (χ2n) is 4.63. The number of aryl methyl sites for hydroxylation is 1. The van der Waals surface area contributed by atoms with Crippen LogP contribution < -0.4 is 10.6 Å². The van der Waals surface area contributed by atoms with Crippen LogP contribution >= 0.6 is 11.3 Å². The lowest BCUT2D eigenvalue weighted by molar-refractivity contribution is 0.0701. The number of carbonyl (C=O) groups excluding carboxylic acids is 1. The lowest BCUT2D eigenvalue weighted by atomic mass is 10.2.